The van der Waals surface area contributed by atoms with Crippen molar-refractivity contribution in [3.63, 3.8) is 0 Å². The van der Waals surface area contributed by atoms with Crippen LogP contribution in [0.4, 0.5) is 5.69 Å². The number of carbonyl (C=O) groups is 2. The molecule has 1 unspecified atom stereocenters. The predicted molar refractivity (Wildman–Crippen MR) is 89.8 cm³/mol. The van der Waals surface area contributed by atoms with Gasteiger partial charge in [-0.25, -0.2) is 0 Å². The lowest BCUT2D eigenvalue weighted by Crippen LogP contribution is -2.41. The van der Waals surface area contributed by atoms with Crippen LogP contribution in [0.15, 0.2) is 18.2 Å². The van der Waals surface area contributed by atoms with Crippen molar-refractivity contribution in [3.05, 3.63) is 18.2 Å². The largest absolute Gasteiger partial charge is 0.497 e. The van der Waals surface area contributed by atoms with Crippen LogP contribution >= 0.6 is 12.4 Å². The second-order valence-electron chi connectivity index (χ2n) is 4.67. The number of hydrogen-bond acceptors (Lipinski definition) is 5. The van der Waals surface area contributed by atoms with Gasteiger partial charge in [0.2, 0.25) is 5.91 Å². The zero-order valence-corrected chi connectivity index (χ0v) is 14.2. The number of anilines is 1. The van der Waals surface area contributed by atoms with Gasteiger partial charge in [0, 0.05) is 6.07 Å². The molecular weight excluding hydrogens is 324 g/mol. The average Bonchev–Trinajstić information content (AvgIpc) is 2.50. The van der Waals surface area contributed by atoms with E-state index in [0.29, 0.717) is 23.6 Å². The van der Waals surface area contributed by atoms with E-state index in [1.807, 2.05) is 6.92 Å². The summed E-state index contributed by atoms with van der Waals surface area (Å²) < 4.78 is 10.3. The molecule has 7 nitrogen and oxygen atoms in total. The molecule has 1 aromatic rings. The van der Waals surface area contributed by atoms with Crippen LogP contribution in [0.2, 0.25) is 0 Å². The summed E-state index contributed by atoms with van der Waals surface area (Å²) in [6.45, 7) is 1.79. The lowest BCUT2D eigenvalue weighted by Gasteiger charge is -2.15. The fourth-order valence-corrected chi connectivity index (χ4v) is 1.92. The van der Waals surface area contributed by atoms with E-state index in [-0.39, 0.29) is 24.9 Å². The van der Waals surface area contributed by atoms with Gasteiger partial charge in [-0.3, -0.25) is 14.9 Å². The summed E-state index contributed by atoms with van der Waals surface area (Å²) in [6, 6.07) is 4.30. The highest BCUT2D eigenvalue weighted by Gasteiger charge is 2.17. The second-order valence-corrected chi connectivity index (χ2v) is 4.67. The summed E-state index contributed by atoms with van der Waals surface area (Å²) in [5, 5.41) is 14.4. The van der Waals surface area contributed by atoms with Crippen molar-refractivity contribution in [2.45, 2.75) is 25.8 Å². The van der Waals surface area contributed by atoms with E-state index in [9.17, 15) is 9.59 Å². The van der Waals surface area contributed by atoms with Crippen molar-refractivity contribution in [2.24, 2.45) is 0 Å². The van der Waals surface area contributed by atoms with Crippen LogP contribution in [0.3, 0.4) is 0 Å². The van der Waals surface area contributed by atoms with E-state index in [4.69, 9.17) is 14.6 Å². The molecule has 23 heavy (non-hydrogen) atoms. The standard InChI is InChI=1S/C15H22N2O5.ClH/c1-4-5-11(15(19)20)16-9-14(18)17-12-8-10(21-2)6-7-13(12)22-3;/h6-8,11,16H,4-5,9H2,1-3H3,(H,17,18)(H,19,20);1H. The number of amides is 1. The summed E-state index contributed by atoms with van der Waals surface area (Å²) in [5.74, 6) is -0.238. The second kappa shape index (κ2) is 10.7. The Morgan fingerprint density at radius 3 is 2.48 bits per heavy atom. The predicted octanol–water partition coefficient (Wildman–Crippen LogP) is 1.91. The normalized spacial score (nSPS) is 11.1. The Hall–Kier alpha value is -1.99. The molecule has 0 heterocycles. The number of carboxylic acid groups (broad SMARTS) is 1. The molecule has 0 aromatic heterocycles. The molecule has 1 amide bonds. The van der Waals surface area contributed by atoms with Gasteiger partial charge < -0.3 is 19.9 Å². The number of carboxylic acids is 1. The van der Waals surface area contributed by atoms with Crippen molar-refractivity contribution < 1.29 is 24.2 Å². The lowest BCUT2D eigenvalue weighted by molar-refractivity contribution is -0.139. The van der Waals surface area contributed by atoms with E-state index in [1.165, 1.54) is 14.2 Å². The van der Waals surface area contributed by atoms with E-state index in [1.54, 1.807) is 18.2 Å². The van der Waals surface area contributed by atoms with Crippen molar-refractivity contribution in [2.75, 3.05) is 26.1 Å². The van der Waals surface area contributed by atoms with Crippen LogP contribution in [0.1, 0.15) is 19.8 Å². The number of hydrogen-bond donors (Lipinski definition) is 3. The first-order valence-corrected chi connectivity index (χ1v) is 6.99. The molecule has 0 aliphatic heterocycles. The van der Waals surface area contributed by atoms with E-state index in [2.05, 4.69) is 10.6 Å². The number of methoxy groups -OCH3 is 2. The van der Waals surface area contributed by atoms with E-state index >= 15 is 0 Å². The minimum atomic E-state index is -0.964. The van der Waals surface area contributed by atoms with Crippen LogP contribution in [0.5, 0.6) is 11.5 Å². The van der Waals surface area contributed by atoms with Gasteiger partial charge in [-0.1, -0.05) is 13.3 Å². The number of benzene rings is 1. The minimum Gasteiger partial charge on any atom is -0.497 e. The van der Waals surface area contributed by atoms with Crippen LogP contribution in [0.25, 0.3) is 0 Å². The molecule has 0 aliphatic carbocycles. The molecule has 0 saturated heterocycles. The first kappa shape index (κ1) is 21.0. The van der Waals surface area contributed by atoms with Crippen molar-refractivity contribution >= 4 is 30.0 Å². The maximum atomic E-state index is 11.9. The maximum absolute atomic E-state index is 11.9. The Morgan fingerprint density at radius 2 is 1.96 bits per heavy atom. The average molecular weight is 347 g/mol. The molecule has 0 spiro atoms. The highest BCUT2D eigenvalue weighted by molar-refractivity contribution is 5.94. The summed E-state index contributed by atoms with van der Waals surface area (Å²) in [6.07, 6.45) is 1.18. The third kappa shape index (κ3) is 6.75. The highest BCUT2D eigenvalue weighted by Crippen LogP contribution is 2.28. The molecule has 0 radical (unpaired) electrons. The highest BCUT2D eigenvalue weighted by atomic mass is 35.5. The van der Waals surface area contributed by atoms with Gasteiger partial charge in [0.25, 0.3) is 0 Å². The van der Waals surface area contributed by atoms with Crippen LogP contribution < -0.4 is 20.1 Å². The molecule has 1 aromatic carbocycles. The summed E-state index contributed by atoms with van der Waals surface area (Å²) in [7, 11) is 3.02. The molecule has 0 saturated carbocycles. The SMILES string of the molecule is CCCC(NCC(=O)Nc1cc(OC)ccc1OC)C(=O)O.Cl. The number of ether oxygens (including phenoxy) is 2. The van der Waals surface area contributed by atoms with E-state index in [0.717, 1.165) is 6.42 Å². The molecule has 130 valence electrons. The Morgan fingerprint density at radius 1 is 1.26 bits per heavy atom. The third-order valence-corrected chi connectivity index (χ3v) is 3.07. The summed E-state index contributed by atoms with van der Waals surface area (Å²) >= 11 is 0. The van der Waals surface area contributed by atoms with Gasteiger partial charge >= 0.3 is 5.97 Å². The van der Waals surface area contributed by atoms with Gasteiger partial charge in [0.05, 0.1) is 26.5 Å². The van der Waals surface area contributed by atoms with Crippen molar-refractivity contribution in [1.82, 2.24) is 5.32 Å². The van der Waals surface area contributed by atoms with Crippen LogP contribution in [0, 0.1) is 0 Å². The zero-order valence-electron chi connectivity index (χ0n) is 13.4. The fraction of sp³-hybridized carbons (Fsp3) is 0.467. The molecular formula is C15H23ClN2O5. The van der Waals surface area contributed by atoms with Gasteiger partial charge in [-0.05, 0) is 18.6 Å². The van der Waals surface area contributed by atoms with Crippen LogP contribution in [-0.2, 0) is 9.59 Å². The smallest absolute Gasteiger partial charge is 0.320 e. The number of halogens is 1. The van der Waals surface area contributed by atoms with Gasteiger partial charge in [-0.15, -0.1) is 12.4 Å². The zero-order chi connectivity index (χ0) is 16.5. The van der Waals surface area contributed by atoms with Crippen molar-refractivity contribution in [3.8, 4) is 11.5 Å². The molecule has 3 N–H and O–H groups in total. The van der Waals surface area contributed by atoms with Gasteiger partial charge in [0.15, 0.2) is 0 Å². The number of carbonyl (C=O) groups excluding carboxylic acids is 1. The quantitative estimate of drug-likeness (QED) is 0.632. The van der Waals surface area contributed by atoms with E-state index < -0.39 is 12.0 Å². The molecule has 1 rings (SSSR count). The molecule has 0 bridgehead atoms. The molecule has 8 heteroatoms. The van der Waals surface area contributed by atoms with Gasteiger partial charge in [-0.2, -0.15) is 0 Å². The molecule has 1 atom stereocenters. The Bertz CT molecular complexity index is 525. The lowest BCUT2D eigenvalue weighted by atomic mass is 10.1. The Balaban J connectivity index is 0.00000484. The first-order chi connectivity index (χ1) is 10.5. The van der Waals surface area contributed by atoms with Gasteiger partial charge in [0.1, 0.15) is 17.5 Å². The maximum Gasteiger partial charge on any atom is 0.320 e. The minimum absolute atomic E-state index is 0. The molecule has 0 aliphatic rings. The van der Waals surface area contributed by atoms with Crippen LogP contribution in [-0.4, -0.2) is 43.8 Å². The third-order valence-electron chi connectivity index (χ3n) is 3.07. The Kier molecular flexibility index (Phi) is 9.76. The summed E-state index contributed by atoms with van der Waals surface area (Å²) in [5.41, 5.74) is 0.469. The number of aliphatic carboxylic acids is 1. The number of rotatable bonds is 9. The fourth-order valence-electron chi connectivity index (χ4n) is 1.92. The number of nitrogens with one attached hydrogen (secondary N) is 2. The monoisotopic (exact) mass is 346 g/mol. The topological polar surface area (TPSA) is 96.9 Å². The summed E-state index contributed by atoms with van der Waals surface area (Å²) in [4.78, 5) is 23.0. The van der Waals surface area contributed by atoms with Crippen molar-refractivity contribution in [1.29, 1.82) is 0 Å². The first-order valence-electron chi connectivity index (χ1n) is 6.99. The molecule has 0 fully saturated rings. The Labute approximate surface area is 141 Å².